The van der Waals surface area contributed by atoms with Gasteiger partial charge in [0.25, 0.3) is 5.56 Å². The molecule has 0 aliphatic heterocycles. The number of hydrogen-bond acceptors (Lipinski definition) is 2. The summed E-state index contributed by atoms with van der Waals surface area (Å²) in [6.45, 7) is 2.00. The Bertz CT molecular complexity index is 485. The highest BCUT2D eigenvalue weighted by molar-refractivity contribution is 5.32. The minimum atomic E-state index is -0.114. The van der Waals surface area contributed by atoms with Crippen LogP contribution in [0.15, 0.2) is 47.4 Å². The minimum Gasteiger partial charge on any atom is -0.267 e. The van der Waals surface area contributed by atoms with Gasteiger partial charge >= 0.3 is 0 Å². The molecule has 0 unspecified atom stereocenters. The maximum Gasteiger partial charge on any atom is 0.271 e. The van der Waals surface area contributed by atoms with Crippen molar-refractivity contribution in [2.75, 3.05) is 0 Å². The van der Waals surface area contributed by atoms with Crippen LogP contribution in [0.3, 0.4) is 0 Å². The summed E-state index contributed by atoms with van der Waals surface area (Å²) in [6, 6.07) is 10.8. The van der Waals surface area contributed by atoms with E-state index in [1.807, 2.05) is 31.2 Å². The first-order valence-electron chi connectivity index (χ1n) is 4.39. The topological polar surface area (TPSA) is 34.9 Å². The smallest absolute Gasteiger partial charge is 0.267 e. The van der Waals surface area contributed by atoms with E-state index in [-0.39, 0.29) is 5.56 Å². The zero-order valence-electron chi connectivity index (χ0n) is 7.84. The van der Waals surface area contributed by atoms with Crippen LogP contribution in [0.5, 0.6) is 0 Å². The lowest BCUT2D eigenvalue weighted by atomic mass is 10.2. The van der Waals surface area contributed by atoms with Gasteiger partial charge in [0.05, 0.1) is 5.69 Å². The Balaban J connectivity index is 2.56. The van der Waals surface area contributed by atoms with Crippen LogP contribution < -0.4 is 5.56 Å². The monoisotopic (exact) mass is 186 g/mol. The molecule has 0 atom stereocenters. The molecule has 0 amide bonds. The predicted octanol–water partition coefficient (Wildman–Crippen LogP) is 1.54. The molecule has 2 rings (SSSR count). The van der Waals surface area contributed by atoms with Crippen LogP contribution in [-0.4, -0.2) is 9.78 Å². The fourth-order valence-corrected chi connectivity index (χ4v) is 1.24. The lowest BCUT2D eigenvalue weighted by Gasteiger charge is -2.02. The molecular weight excluding hydrogens is 176 g/mol. The number of aromatic nitrogens is 2. The predicted molar refractivity (Wildman–Crippen MR) is 54.6 cm³/mol. The Labute approximate surface area is 81.6 Å². The number of benzene rings is 1. The normalized spacial score (nSPS) is 10.1. The third-order valence-electron chi connectivity index (χ3n) is 1.99. The van der Waals surface area contributed by atoms with Gasteiger partial charge in [-0.3, -0.25) is 4.79 Å². The Kier molecular flexibility index (Phi) is 2.14. The maximum atomic E-state index is 11.4. The Morgan fingerprint density at radius 3 is 2.50 bits per heavy atom. The van der Waals surface area contributed by atoms with Crippen molar-refractivity contribution in [3.8, 4) is 5.69 Å². The molecule has 14 heavy (non-hydrogen) atoms. The van der Waals surface area contributed by atoms with E-state index >= 15 is 0 Å². The van der Waals surface area contributed by atoms with Gasteiger partial charge in [0.2, 0.25) is 0 Å². The van der Waals surface area contributed by atoms with Crippen molar-refractivity contribution in [2.45, 2.75) is 6.92 Å². The summed E-state index contributed by atoms with van der Waals surface area (Å²) in [7, 11) is 0. The van der Waals surface area contributed by atoms with Crippen molar-refractivity contribution in [3.63, 3.8) is 0 Å². The second kappa shape index (κ2) is 3.46. The molecule has 1 heterocycles. The molecule has 3 nitrogen and oxygen atoms in total. The first-order chi connectivity index (χ1) is 6.77. The Hall–Kier alpha value is -1.90. The number of nitrogens with zero attached hydrogens (tertiary/aromatic N) is 2. The standard InChI is InChI=1S/C11H10N2O/c1-9-4-6-10(7-5-9)13-11(14)3-2-8-12-13/h2-8H,1H3. The molecule has 0 saturated heterocycles. The molecule has 3 heteroatoms. The lowest BCUT2D eigenvalue weighted by Crippen LogP contribution is -2.18. The molecule has 0 saturated carbocycles. The SMILES string of the molecule is Cc1ccc(-n2ncccc2=O)cc1. The highest BCUT2D eigenvalue weighted by Crippen LogP contribution is 2.04. The third kappa shape index (κ3) is 1.57. The summed E-state index contributed by atoms with van der Waals surface area (Å²) in [6.07, 6.45) is 1.60. The highest BCUT2D eigenvalue weighted by atomic mass is 16.1. The van der Waals surface area contributed by atoms with E-state index in [9.17, 15) is 4.79 Å². The van der Waals surface area contributed by atoms with E-state index in [2.05, 4.69) is 5.10 Å². The zero-order chi connectivity index (χ0) is 9.97. The van der Waals surface area contributed by atoms with Gasteiger partial charge in [-0.05, 0) is 25.1 Å². The van der Waals surface area contributed by atoms with Crippen LogP contribution in [-0.2, 0) is 0 Å². The van der Waals surface area contributed by atoms with Crippen molar-refractivity contribution in [1.29, 1.82) is 0 Å². The molecule has 1 aromatic heterocycles. The van der Waals surface area contributed by atoms with Crippen LogP contribution in [0.2, 0.25) is 0 Å². The van der Waals surface area contributed by atoms with Gasteiger partial charge in [-0.2, -0.15) is 9.78 Å². The molecule has 0 bridgehead atoms. The molecule has 1 aromatic carbocycles. The van der Waals surface area contributed by atoms with Crippen molar-refractivity contribution in [1.82, 2.24) is 9.78 Å². The molecule has 0 fully saturated rings. The lowest BCUT2D eigenvalue weighted by molar-refractivity contribution is 0.806. The Morgan fingerprint density at radius 1 is 1.14 bits per heavy atom. The third-order valence-corrected chi connectivity index (χ3v) is 1.99. The average Bonchev–Trinajstić information content (AvgIpc) is 2.20. The van der Waals surface area contributed by atoms with Crippen molar-refractivity contribution in [2.24, 2.45) is 0 Å². The first kappa shape index (κ1) is 8.69. The van der Waals surface area contributed by atoms with E-state index < -0.39 is 0 Å². The van der Waals surface area contributed by atoms with Gasteiger partial charge in [-0.25, -0.2) is 0 Å². The summed E-state index contributed by atoms with van der Waals surface area (Å²) in [4.78, 5) is 11.4. The molecule has 0 radical (unpaired) electrons. The fraction of sp³-hybridized carbons (Fsp3) is 0.0909. The molecule has 0 N–H and O–H groups in total. The second-order valence-corrected chi connectivity index (χ2v) is 3.11. The first-order valence-corrected chi connectivity index (χ1v) is 4.39. The van der Waals surface area contributed by atoms with Crippen molar-refractivity contribution >= 4 is 0 Å². The van der Waals surface area contributed by atoms with Crippen LogP contribution in [0.4, 0.5) is 0 Å². The van der Waals surface area contributed by atoms with Crippen molar-refractivity contribution < 1.29 is 0 Å². The molecular formula is C11H10N2O. The minimum absolute atomic E-state index is 0.114. The summed E-state index contributed by atoms with van der Waals surface area (Å²) in [5.74, 6) is 0. The van der Waals surface area contributed by atoms with Gasteiger partial charge in [0.1, 0.15) is 0 Å². The summed E-state index contributed by atoms with van der Waals surface area (Å²) >= 11 is 0. The van der Waals surface area contributed by atoms with E-state index in [0.29, 0.717) is 0 Å². The largest absolute Gasteiger partial charge is 0.271 e. The van der Waals surface area contributed by atoms with E-state index in [4.69, 9.17) is 0 Å². The quantitative estimate of drug-likeness (QED) is 0.677. The second-order valence-electron chi connectivity index (χ2n) is 3.11. The number of hydrogen-bond donors (Lipinski definition) is 0. The molecule has 70 valence electrons. The van der Waals surface area contributed by atoms with E-state index in [1.165, 1.54) is 10.7 Å². The molecule has 0 spiro atoms. The number of rotatable bonds is 1. The van der Waals surface area contributed by atoms with Crippen LogP contribution in [0, 0.1) is 6.92 Å². The van der Waals surface area contributed by atoms with Gasteiger partial charge < -0.3 is 0 Å². The highest BCUT2D eigenvalue weighted by Gasteiger charge is 1.97. The van der Waals surface area contributed by atoms with Gasteiger partial charge in [0.15, 0.2) is 0 Å². The Morgan fingerprint density at radius 2 is 1.86 bits per heavy atom. The van der Waals surface area contributed by atoms with E-state index in [1.54, 1.807) is 12.3 Å². The molecule has 0 aliphatic rings. The maximum absolute atomic E-state index is 11.4. The molecule has 0 aliphatic carbocycles. The van der Waals surface area contributed by atoms with Crippen LogP contribution in [0.1, 0.15) is 5.56 Å². The van der Waals surface area contributed by atoms with Gasteiger partial charge in [-0.1, -0.05) is 17.7 Å². The van der Waals surface area contributed by atoms with Gasteiger partial charge in [0, 0.05) is 12.3 Å². The zero-order valence-corrected chi connectivity index (χ0v) is 7.84. The summed E-state index contributed by atoms with van der Waals surface area (Å²) < 4.78 is 1.37. The van der Waals surface area contributed by atoms with Gasteiger partial charge in [-0.15, -0.1) is 0 Å². The van der Waals surface area contributed by atoms with Crippen LogP contribution >= 0.6 is 0 Å². The van der Waals surface area contributed by atoms with Crippen LogP contribution in [0.25, 0.3) is 5.69 Å². The molecule has 2 aromatic rings. The fourth-order valence-electron chi connectivity index (χ4n) is 1.24. The van der Waals surface area contributed by atoms with Crippen molar-refractivity contribution in [3.05, 3.63) is 58.5 Å². The average molecular weight is 186 g/mol. The van der Waals surface area contributed by atoms with E-state index in [0.717, 1.165) is 11.3 Å². The summed E-state index contributed by atoms with van der Waals surface area (Å²) in [5.41, 5.74) is 1.84. The summed E-state index contributed by atoms with van der Waals surface area (Å²) in [5, 5.41) is 3.98. The number of aryl methyl sites for hydroxylation is 1.